The van der Waals surface area contributed by atoms with Crippen LogP contribution in [0.2, 0.25) is 0 Å². The lowest BCUT2D eigenvalue weighted by Crippen LogP contribution is -2.37. The number of esters is 1. The number of carbonyl (C=O) groups is 1. The van der Waals surface area contributed by atoms with Crippen LogP contribution < -0.4 is 65.5 Å². The Kier molecular flexibility index (Phi) is 24.9. The van der Waals surface area contributed by atoms with Crippen molar-refractivity contribution in [3.63, 3.8) is 0 Å². The number of nitro benzene ring substituents is 1. The summed E-state index contributed by atoms with van der Waals surface area (Å²) in [4.78, 5) is 164. The Bertz CT molecular complexity index is 4410. The van der Waals surface area contributed by atoms with Gasteiger partial charge in [0.05, 0.1) is 44.1 Å². The predicted molar refractivity (Wildman–Crippen MR) is 309 cm³/mol. The number of non-ortho nitro benzene ring substituents is 1. The smallest absolute Gasteiger partial charge is 0.530 e. The number of phosphoric acid groups is 4. The first kappa shape index (κ1) is 77.1. The van der Waals surface area contributed by atoms with Gasteiger partial charge in [0.15, 0.2) is 12.5 Å². The van der Waals surface area contributed by atoms with E-state index in [2.05, 4.69) is 27.8 Å². The number of hydrogen-bond donors (Lipinski definition) is 12. The van der Waals surface area contributed by atoms with Gasteiger partial charge in [-0.05, 0) is 19.9 Å². The number of phosphoric ester groups is 4. The highest BCUT2D eigenvalue weighted by molar-refractivity contribution is 7.60. The number of nitrogens with one attached hydrogen (secondary N) is 4. The number of fused-ring (bicyclic) bond motifs is 1. The average molecular weight is 1470 g/mol. The maximum Gasteiger partial charge on any atom is 0.530 e. The zero-order chi connectivity index (χ0) is 70.7. The number of H-pyrrole nitrogens is 4. The Hall–Kier alpha value is -7.27. The molecule has 97 heavy (non-hydrogen) atoms. The standard InChI is InChI=1S/C19H26N4O16P2.C19H20N3O11P.C9H13N2O9P.H3N/c1-8-5-23(19(30)21-16(8)28)13-4-9(24)10(37-13)6-35-40(31,32)39-41(33,34)36-7-11-14(26)15(27)17(38-11)22-3-2-12(25)20-18(22)29;1-10-7-21(19(25)20-18(10)24)17-6-15(31-11(2)23)16(32-17)9-30-34(28)29-8-12-5-13(22(26)27)3-4-14(12)33-34;12-5-1-2-11(9(15)10-5)8-7(14)6(13)4(20-8)3-19-21(16,17)18;/h2-3,5,9-11,13-15,17,24,26-27H,4,6-7H2,1H3,(H,31,32)(H,33,34)(H,20,25,29)(H,21,28,30);3-5,7,15-17H,6,8-9H2,1-2H3,(H,20,24,25);1-2,4,6-8,13-14H,3H2,(H,10,12,15)(H2,16,17,18);1H3/p-1/t9?,10-,11-,13-,14?,15?,17-;15?,16-,17-,34?;4-,6?,7+,8-;/m111./s1. The number of quaternary nitrogens is 1. The van der Waals surface area contributed by atoms with E-state index in [1.54, 1.807) is 0 Å². The van der Waals surface area contributed by atoms with Crippen LogP contribution in [0.1, 0.15) is 61.4 Å². The molecule has 50 heteroatoms. The van der Waals surface area contributed by atoms with Gasteiger partial charge < -0.3 is 88.5 Å². The van der Waals surface area contributed by atoms with Gasteiger partial charge in [0.2, 0.25) is 0 Å². The Balaban J connectivity index is 0.000000214. The van der Waals surface area contributed by atoms with Crippen molar-refractivity contribution in [3.05, 3.63) is 165 Å². The molecule has 0 radical (unpaired) electrons. The number of benzene rings is 1. The van der Waals surface area contributed by atoms with E-state index in [0.29, 0.717) is 5.56 Å². The number of nitro groups is 1. The number of rotatable bonds is 20. The molecular formula is C47H61N10O36P4-. The predicted octanol–water partition coefficient (Wildman–Crippen LogP) is -5.00. The van der Waals surface area contributed by atoms with E-state index in [9.17, 15) is 112 Å². The lowest BCUT2D eigenvalue weighted by molar-refractivity contribution is -0.385. The van der Waals surface area contributed by atoms with Gasteiger partial charge in [-0.2, -0.15) is 0 Å². The normalized spacial score (nSPS) is 29.2. The summed E-state index contributed by atoms with van der Waals surface area (Å²) in [6, 6.07) is 5.67. The summed E-state index contributed by atoms with van der Waals surface area (Å²) in [5, 5.41) is 61.0. The number of carbonyl (C=O) groups excluding carboxylic acids is 1. The molecule has 9 heterocycles. The lowest BCUT2D eigenvalue weighted by Gasteiger charge is -2.26. The molecule has 4 aromatic heterocycles. The van der Waals surface area contributed by atoms with E-state index >= 15 is 0 Å². The minimum Gasteiger partial charge on any atom is -0.756 e. The molecular weight excluding hydrogens is 1400 g/mol. The van der Waals surface area contributed by atoms with Crippen molar-refractivity contribution in [2.45, 2.75) is 126 Å². The van der Waals surface area contributed by atoms with Crippen molar-refractivity contribution < 1.29 is 128 Å². The van der Waals surface area contributed by atoms with E-state index in [1.165, 1.54) is 51.4 Å². The van der Waals surface area contributed by atoms with Crippen molar-refractivity contribution in [3.8, 4) is 5.75 Å². The number of aryl methyl sites for hydroxylation is 2. The van der Waals surface area contributed by atoms with Crippen LogP contribution in [0.25, 0.3) is 0 Å². The molecule has 5 aromatic rings. The quantitative estimate of drug-likeness (QED) is 0.0150. The van der Waals surface area contributed by atoms with Crippen molar-refractivity contribution in [2.24, 2.45) is 0 Å². The zero-order valence-corrected chi connectivity index (χ0v) is 53.8. The molecule has 10 rings (SSSR count). The van der Waals surface area contributed by atoms with E-state index in [4.69, 9.17) is 42.1 Å². The number of aliphatic hydroxyl groups is 5. The van der Waals surface area contributed by atoms with Gasteiger partial charge in [0.25, 0.3) is 43.6 Å². The first-order valence-electron chi connectivity index (χ1n) is 27.5. The SMILES string of the molecule is CC(=O)OC1C[C@H](n2cc(C)c(=O)[nH]c2=O)O[C@@H]1COP1(=O)OCc2cc([N+](=O)[O-])ccc2O1.Cc1cn([C@H]2CC(O)[C@@H](COP(=O)([O-])OP(=O)(O)OC[C@H]3O[C@@H](n4ccc(=O)[nH]c4=O)C(O)C3O)O2)c(=O)[nH]c1=O.O=c1ccn([C@@H]2O[C@H](COP(=O)([O-])O)C(O)[C@@H]2O)c(=O)[nH]1.[NH4+]. The molecule has 9 unspecified atom stereocenters. The molecule has 0 spiro atoms. The highest BCUT2D eigenvalue weighted by atomic mass is 31.3. The van der Waals surface area contributed by atoms with Crippen LogP contribution >= 0.6 is 31.3 Å². The minimum absolute atomic E-state index is 0. The number of nitrogens with zero attached hydrogens (tertiary/aromatic N) is 5. The molecule has 0 aliphatic carbocycles. The minimum atomic E-state index is -5.60. The number of hydrogen-bond acceptors (Lipinski definition) is 34. The fourth-order valence-electron chi connectivity index (χ4n) is 9.52. The van der Waals surface area contributed by atoms with Crippen LogP contribution in [-0.4, -0.2) is 172 Å². The number of aromatic nitrogens is 8. The van der Waals surface area contributed by atoms with Crippen molar-refractivity contribution >= 4 is 42.9 Å². The van der Waals surface area contributed by atoms with Gasteiger partial charge in [0.1, 0.15) is 73.1 Å². The Labute approximate surface area is 537 Å². The summed E-state index contributed by atoms with van der Waals surface area (Å²) in [7, 11) is -20.2. The summed E-state index contributed by atoms with van der Waals surface area (Å²) in [5.74, 6) is -0.492. The zero-order valence-electron chi connectivity index (χ0n) is 50.2. The number of aromatic amines is 4. The molecule has 1 aromatic carbocycles. The molecule has 5 aliphatic rings. The molecule has 536 valence electrons. The van der Waals surface area contributed by atoms with Crippen LogP contribution in [0.3, 0.4) is 0 Å². The Morgan fingerprint density at radius 2 is 1.14 bits per heavy atom. The molecule has 0 saturated carbocycles. The third kappa shape index (κ3) is 19.6. The van der Waals surface area contributed by atoms with E-state index in [1.807, 2.05) is 9.97 Å². The number of ether oxygens (including phenoxy) is 5. The molecule has 46 nitrogen and oxygen atoms in total. The van der Waals surface area contributed by atoms with Crippen molar-refractivity contribution in [2.75, 3.05) is 26.4 Å². The fraction of sp³-hybridized carbons (Fsp3) is 0.511. The molecule has 15 N–H and O–H groups in total. The molecule has 5 aliphatic heterocycles. The van der Waals surface area contributed by atoms with Crippen molar-refractivity contribution in [1.82, 2.24) is 44.4 Å². The van der Waals surface area contributed by atoms with E-state index in [-0.39, 0.29) is 54.8 Å². The average Bonchev–Trinajstić information content (AvgIpc) is 1.65. The van der Waals surface area contributed by atoms with E-state index in [0.717, 1.165) is 42.8 Å². The largest absolute Gasteiger partial charge is 0.756 e. The third-order valence-corrected chi connectivity index (χ3v) is 18.6. The maximum atomic E-state index is 12.9. The lowest BCUT2D eigenvalue weighted by atomic mass is 10.1. The third-order valence-electron chi connectivity index (χ3n) is 14.2. The fourth-order valence-corrected chi connectivity index (χ4v) is 13.1. The molecule has 4 fully saturated rings. The van der Waals surface area contributed by atoms with Gasteiger partial charge in [-0.25, -0.2) is 32.6 Å². The second-order valence-electron chi connectivity index (χ2n) is 21.0. The second kappa shape index (κ2) is 31.3. The summed E-state index contributed by atoms with van der Waals surface area (Å²) in [6.45, 7) is 0.866. The maximum absolute atomic E-state index is 12.9. The topological polar surface area (TPSA) is 683 Å². The molecule has 0 bridgehead atoms. The summed E-state index contributed by atoms with van der Waals surface area (Å²) in [6.07, 6.45) is -14.4. The second-order valence-corrected chi connectivity index (χ2v) is 26.8. The van der Waals surface area contributed by atoms with Crippen LogP contribution in [-0.2, 0) is 80.3 Å². The first-order valence-corrected chi connectivity index (χ1v) is 33.4. The highest BCUT2D eigenvalue weighted by Crippen LogP contribution is 2.59. The summed E-state index contributed by atoms with van der Waals surface area (Å²) < 4.78 is 112. The molecule has 0 amide bonds. The number of aliphatic hydroxyl groups excluding tert-OH is 5. The monoisotopic (exact) mass is 1470 g/mol. The van der Waals surface area contributed by atoms with Crippen LogP contribution in [0.15, 0.2) is 93.5 Å². The summed E-state index contributed by atoms with van der Waals surface area (Å²) in [5.41, 5.74) is -5.37. The van der Waals surface area contributed by atoms with Crippen molar-refractivity contribution in [1.29, 1.82) is 0 Å². The van der Waals surface area contributed by atoms with E-state index < -0.39 is 193 Å². The molecule has 4 saturated heterocycles. The van der Waals surface area contributed by atoms with Crippen LogP contribution in [0, 0.1) is 24.0 Å². The van der Waals surface area contributed by atoms with Gasteiger partial charge in [0, 0.05) is 85.5 Å². The Morgan fingerprint density at radius 1 is 0.660 bits per heavy atom. The Morgan fingerprint density at radius 3 is 1.64 bits per heavy atom. The van der Waals surface area contributed by atoms with Crippen LogP contribution in [0.4, 0.5) is 5.69 Å². The molecule has 18 atom stereocenters. The first-order chi connectivity index (χ1) is 44.8. The van der Waals surface area contributed by atoms with Gasteiger partial charge in [-0.3, -0.25) is 95.0 Å². The highest BCUT2D eigenvalue weighted by Gasteiger charge is 2.48. The van der Waals surface area contributed by atoms with Gasteiger partial charge in [-0.1, -0.05) is 0 Å². The van der Waals surface area contributed by atoms with Crippen LogP contribution in [0.5, 0.6) is 5.75 Å². The van der Waals surface area contributed by atoms with Gasteiger partial charge >= 0.3 is 44.4 Å². The van der Waals surface area contributed by atoms with Gasteiger partial charge in [-0.15, -0.1) is 0 Å². The summed E-state index contributed by atoms with van der Waals surface area (Å²) >= 11 is 0.